The van der Waals surface area contributed by atoms with E-state index in [-0.39, 0.29) is 5.91 Å². The molecule has 0 aliphatic rings. The molecule has 0 aliphatic carbocycles. The molecule has 0 heterocycles. The third-order valence-corrected chi connectivity index (χ3v) is 6.10. The van der Waals surface area contributed by atoms with E-state index in [9.17, 15) is 4.79 Å². The van der Waals surface area contributed by atoms with Crippen LogP contribution in [-0.2, 0) is 6.61 Å². The maximum atomic E-state index is 12.1. The first-order valence-corrected chi connectivity index (χ1v) is 11.4. The second-order valence-electron chi connectivity index (χ2n) is 5.90. The molecule has 0 fully saturated rings. The predicted octanol–water partition coefficient (Wildman–Crippen LogP) is 6.81. The Hall–Kier alpha value is -1.42. The second kappa shape index (κ2) is 10.6. The van der Waals surface area contributed by atoms with Gasteiger partial charge in [-0.2, -0.15) is 5.10 Å². The lowest BCUT2D eigenvalue weighted by Gasteiger charge is -2.12. The SMILES string of the molecule is O=C(N/N=C\c1cc(Br)c(OCc2ccccc2Cl)c(Br)c1)c1ccc(I)cc1. The van der Waals surface area contributed by atoms with Crippen LogP contribution >= 0.6 is 66.1 Å². The van der Waals surface area contributed by atoms with Gasteiger partial charge in [-0.15, -0.1) is 0 Å². The second-order valence-corrected chi connectivity index (χ2v) is 9.26. The number of nitrogens with zero attached hydrogens (tertiary/aromatic N) is 1. The number of carbonyl (C=O) groups excluding carboxylic acids is 1. The number of carbonyl (C=O) groups is 1. The quantitative estimate of drug-likeness (QED) is 0.182. The summed E-state index contributed by atoms with van der Waals surface area (Å²) in [5.41, 5.74) is 4.76. The van der Waals surface area contributed by atoms with Crippen LogP contribution in [0.25, 0.3) is 0 Å². The van der Waals surface area contributed by atoms with Crippen LogP contribution in [0.1, 0.15) is 21.5 Å². The summed E-state index contributed by atoms with van der Waals surface area (Å²) in [5, 5.41) is 4.69. The number of ether oxygens (including phenoxy) is 1. The highest BCUT2D eigenvalue weighted by Crippen LogP contribution is 2.35. The fourth-order valence-corrected chi connectivity index (χ4v) is 4.39. The molecular formula is C21H14Br2ClIN2O2. The van der Waals surface area contributed by atoms with Gasteiger partial charge in [0.1, 0.15) is 12.4 Å². The van der Waals surface area contributed by atoms with Gasteiger partial charge in [-0.3, -0.25) is 4.79 Å². The van der Waals surface area contributed by atoms with E-state index in [1.807, 2.05) is 48.5 Å². The topological polar surface area (TPSA) is 50.7 Å². The monoisotopic (exact) mass is 646 g/mol. The number of amides is 1. The summed E-state index contributed by atoms with van der Waals surface area (Å²) in [6, 6.07) is 18.5. The van der Waals surface area contributed by atoms with E-state index in [2.05, 4.69) is 65.0 Å². The van der Waals surface area contributed by atoms with E-state index in [1.54, 1.807) is 18.3 Å². The number of hydrogen-bond donors (Lipinski definition) is 1. The van der Waals surface area contributed by atoms with Crippen LogP contribution in [0, 0.1) is 3.57 Å². The smallest absolute Gasteiger partial charge is 0.271 e. The molecule has 0 unspecified atom stereocenters. The van der Waals surface area contributed by atoms with E-state index in [1.165, 1.54) is 0 Å². The van der Waals surface area contributed by atoms with Crippen molar-refractivity contribution >= 4 is 78.2 Å². The molecule has 0 atom stereocenters. The van der Waals surface area contributed by atoms with E-state index in [4.69, 9.17) is 16.3 Å². The average Bonchev–Trinajstić information content (AvgIpc) is 2.69. The van der Waals surface area contributed by atoms with Crippen molar-refractivity contribution in [2.24, 2.45) is 5.10 Å². The minimum Gasteiger partial charge on any atom is -0.486 e. The third kappa shape index (κ3) is 6.28. The first kappa shape index (κ1) is 22.3. The first-order valence-electron chi connectivity index (χ1n) is 8.38. The molecule has 148 valence electrons. The molecule has 3 aromatic carbocycles. The largest absolute Gasteiger partial charge is 0.486 e. The lowest BCUT2D eigenvalue weighted by Crippen LogP contribution is -2.17. The van der Waals surface area contributed by atoms with Gasteiger partial charge >= 0.3 is 0 Å². The van der Waals surface area contributed by atoms with Crippen LogP contribution in [0.4, 0.5) is 0 Å². The van der Waals surface area contributed by atoms with Gasteiger partial charge < -0.3 is 4.74 Å². The Morgan fingerprint density at radius 3 is 2.41 bits per heavy atom. The number of hydrazone groups is 1. The van der Waals surface area contributed by atoms with Gasteiger partial charge in [-0.05, 0) is 102 Å². The Kier molecular flexibility index (Phi) is 8.11. The summed E-state index contributed by atoms with van der Waals surface area (Å²) >= 11 is 15.4. The number of halogens is 4. The minimum absolute atomic E-state index is 0.268. The molecular weight excluding hydrogens is 634 g/mol. The molecule has 4 nitrogen and oxygen atoms in total. The molecule has 8 heteroatoms. The zero-order valence-electron chi connectivity index (χ0n) is 14.8. The highest BCUT2D eigenvalue weighted by Gasteiger charge is 2.10. The maximum absolute atomic E-state index is 12.1. The van der Waals surface area contributed by atoms with Gasteiger partial charge in [-0.1, -0.05) is 29.8 Å². The van der Waals surface area contributed by atoms with Crippen molar-refractivity contribution in [1.29, 1.82) is 0 Å². The van der Waals surface area contributed by atoms with Gasteiger partial charge in [-0.25, -0.2) is 5.43 Å². The zero-order valence-corrected chi connectivity index (χ0v) is 20.9. The highest BCUT2D eigenvalue weighted by atomic mass is 127. The molecule has 0 aromatic heterocycles. The summed E-state index contributed by atoms with van der Waals surface area (Å²) in [6.07, 6.45) is 1.57. The van der Waals surface area contributed by atoms with Gasteiger partial charge in [0.15, 0.2) is 0 Å². The van der Waals surface area contributed by atoms with Crippen molar-refractivity contribution in [3.05, 3.63) is 94.9 Å². The fourth-order valence-electron chi connectivity index (χ4n) is 2.39. The van der Waals surface area contributed by atoms with E-state index < -0.39 is 0 Å². The summed E-state index contributed by atoms with van der Waals surface area (Å²) < 4.78 is 8.48. The van der Waals surface area contributed by atoms with Crippen LogP contribution in [0.3, 0.4) is 0 Å². The molecule has 0 saturated heterocycles. The van der Waals surface area contributed by atoms with Crippen molar-refractivity contribution in [3.8, 4) is 5.75 Å². The Morgan fingerprint density at radius 2 is 1.76 bits per heavy atom. The molecule has 0 aliphatic heterocycles. The van der Waals surface area contributed by atoms with Crippen LogP contribution in [0.5, 0.6) is 5.75 Å². The first-order chi connectivity index (χ1) is 13.9. The molecule has 3 rings (SSSR count). The maximum Gasteiger partial charge on any atom is 0.271 e. The predicted molar refractivity (Wildman–Crippen MR) is 132 cm³/mol. The molecule has 1 amide bonds. The lowest BCUT2D eigenvalue weighted by molar-refractivity contribution is 0.0955. The molecule has 0 saturated carbocycles. The van der Waals surface area contributed by atoms with E-state index >= 15 is 0 Å². The van der Waals surface area contributed by atoms with E-state index in [0.717, 1.165) is 23.6 Å². The average molecular weight is 649 g/mol. The minimum atomic E-state index is -0.268. The van der Waals surface area contributed by atoms with Crippen LogP contribution < -0.4 is 10.2 Å². The summed E-state index contributed by atoms with van der Waals surface area (Å²) in [6.45, 7) is 0.344. The number of benzene rings is 3. The summed E-state index contributed by atoms with van der Waals surface area (Å²) in [5.74, 6) is 0.389. The Bertz CT molecular complexity index is 1040. The highest BCUT2D eigenvalue weighted by molar-refractivity contribution is 14.1. The van der Waals surface area contributed by atoms with E-state index in [0.29, 0.717) is 22.9 Å². The van der Waals surface area contributed by atoms with Gasteiger partial charge in [0.2, 0.25) is 0 Å². The normalized spacial score (nSPS) is 10.9. The fraction of sp³-hybridized carbons (Fsp3) is 0.0476. The number of rotatable bonds is 6. The summed E-state index contributed by atoms with van der Waals surface area (Å²) in [7, 11) is 0. The Balaban J connectivity index is 1.65. The summed E-state index contributed by atoms with van der Waals surface area (Å²) in [4.78, 5) is 12.1. The molecule has 3 aromatic rings. The molecule has 0 bridgehead atoms. The Labute approximate surface area is 204 Å². The Morgan fingerprint density at radius 1 is 1.10 bits per heavy atom. The van der Waals surface area contributed by atoms with Crippen LogP contribution in [0.2, 0.25) is 5.02 Å². The van der Waals surface area contributed by atoms with Crippen molar-refractivity contribution in [1.82, 2.24) is 5.43 Å². The number of hydrogen-bond acceptors (Lipinski definition) is 3. The molecule has 0 radical (unpaired) electrons. The van der Waals surface area contributed by atoms with Gasteiger partial charge in [0, 0.05) is 19.7 Å². The standard InChI is InChI=1S/C21H14Br2ClIN2O2/c22-17-9-13(11-26-27-21(28)14-5-7-16(25)8-6-14)10-18(23)20(17)29-12-15-3-1-2-4-19(15)24/h1-11H,12H2,(H,27,28)/b26-11-. The molecule has 29 heavy (non-hydrogen) atoms. The molecule has 1 N–H and O–H groups in total. The zero-order chi connectivity index (χ0) is 20.8. The van der Waals surface area contributed by atoms with Crippen molar-refractivity contribution in [2.75, 3.05) is 0 Å². The van der Waals surface area contributed by atoms with Gasteiger partial charge in [0.25, 0.3) is 5.91 Å². The lowest BCUT2D eigenvalue weighted by atomic mass is 10.2. The van der Waals surface area contributed by atoms with Gasteiger partial charge in [0.05, 0.1) is 15.2 Å². The molecule has 0 spiro atoms. The van der Waals surface area contributed by atoms with Crippen molar-refractivity contribution < 1.29 is 9.53 Å². The van der Waals surface area contributed by atoms with Crippen LogP contribution in [-0.4, -0.2) is 12.1 Å². The van der Waals surface area contributed by atoms with Crippen molar-refractivity contribution in [2.45, 2.75) is 6.61 Å². The number of nitrogens with one attached hydrogen (secondary N) is 1. The van der Waals surface area contributed by atoms with Crippen LogP contribution in [0.15, 0.2) is 74.7 Å². The third-order valence-electron chi connectivity index (χ3n) is 3.84. The van der Waals surface area contributed by atoms with Crippen molar-refractivity contribution in [3.63, 3.8) is 0 Å².